The third-order valence-corrected chi connectivity index (χ3v) is 3.01. The summed E-state index contributed by atoms with van der Waals surface area (Å²) in [4.78, 5) is 11.8. The maximum atomic E-state index is 13.4. The van der Waals surface area contributed by atoms with E-state index in [1.807, 2.05) is 6.92 Å². The van der Waals surface area contributed by atoms with E-state index in [1.54, 1.807) is 30.3 Å². The van der Waals surface area contributed by atoms with Gasteiger partial charge in [-0.25, -0.2) is 4.39 Å². The van der Waals surface area contributed by atoms with Crippen molar-refractivity contribution in [1.29, 1.82) is 0 Å². The Morgan fingerprint density at radius 3 is 2.75 bits per heavy atom. The fourth-order valence-corrected chi connectivity index (χ4v) is 1.91. The van der Waals surface area contributed by atoms with Crippen molar-refractivity contribution < 1.29 is 14.3 Å². The van der Waals surface area contributed by atoms with E-state index in [-0.39, 0.29) is 23.9 Å². The number of amides is 1. The zero-order chi connectivity index (χ0) is 14.5. The van der Waals surface area contributed by atoms with Gasteiger partial charge in [-0.2, -0.15) is 0 Å². The molecule has 104 valence electrons. The van der Waals surface area contributed by atoms with Crippen LogP contribution in [-0.2, 0) is 11.2 Å². The molecule has 3 nitrogen and oxygen atoms in total. The summed E-state index contributed by atoms with van der Waals surface area (Å²) in [6.07, 6.45) is 0.486. The molecule has 0 aliphatic carbocycles. The number of carbonyl (C=O) groups excluding carboxylic acids is 1. The molecule has 20 heavy (non-hydrogen) atoms. The Labute approximate surface area is 117 Å². The van der Waals surface area contributed by atoms with Gasteiger partial charge in [-0.1, -0.05) is 24.3 Å². The Morgan fingerprint density at radius 1 is 1.25 bits per heavy atom. The monoisotopic (exact) mass is 273 g/mol. The van der Waals surface area contributed by atoms with E-state index in [0.29, 0.717) is 17.7 Å². The quantitative estimate of drug-likeness (QED) is 0.839. The van der Waals surface area contributed by atoms with E-state index in [2.05, 4.69) is 5.32 Å². The summed E-state index contributed by atoms with van der Waals surface area (Å²) in [5.41, 5.74) is 1.83. The maximum absolute atomic E-state index is 13.4. The average Bonchev–Trinajstić information content (AvgIpc) is 2.42. The van der Waals surface area contributed by atoms with E-state index in [1.165, 1.54) is 12.1 Å². The van der Waals surface area contributed by atoms with Crippen molar-refractivity contribution >= 4 is 11.6 Å². The second-order valence-electron chi connectivity index (χ2n) is 4.66. The number of hydrogen-bond donors (Lipinski definition) is 2. The van der Waals surface area contributed by atoms with Crippen molar-refractivity contribution in [2.75, 3.05) is 5.32 Å². The highest BCUT2D eigenvalue weighted by Crippen LogP contribution is 2.24. The summed E-state index contributed by atoms with van der Waals surface area (Å²) in [5.74, 6) is -0.539. The van der Waals surface area contributed by atoms with Gasteiger partial charge in [-0.3, -0.25) is 4.79 Å². The van der Waals surface area contributed by atoms with Crippen LogP contribution >= 0.6 is 0 Å². The van der Waals surface area contributed by atoms with Crippen LogP contribution in [-0.4, -0.2) is 11.0 Å². The van der Waals surface area contributed by atoms with Gasteiger partial charge in [0.05, 0.1) is 5.69 Å². The predicted molar refractivity (Wildman–Crippen MR) is 76.2 cm³/mol. The van der Waals surface area contributed by atoms with Crippen LogP contribution in [0.5, 0.6) is 5.75 Å². The lowest BCUT2D eigenvalue weighted by atomic mass is 10.1. The first-order valence-corrected chi connectivity index (χ1v) is 6.39. The first-order valence-electron chi connectivity index (χ1n) is 6.39. The van der Waals surface area contributed by atoms with Gasteiger partial charge in [0.15, 0.2) is 0 Å². The summed E-state index contributed by atoms with van der Waals surface area (Å²) >= 11 is 0. The molecule has 4 heteroatoms. The third-order valence-electron chi connectivity index (χ3n) is 3.01. The minimum Gasteiger partial charge on any atom is -0.506 e. The summed E-state index contributed by atoms with van der Waals surface area (Å²) in [6, 6.07) is 11.4. The number of phenols is 1. The highest BCUT2D eigenvalue weighted by atomic mass is 19.1. The average molecular weight is 273 g/mol. The molecule has 0 aliphatic heterocycles. The van der Waals surface area contributed by atoms with Crippen LogP contribution in [0.2, 0.25) is 0 Å². The standard InChI is InChI=1S/C16H16FNO2/c1-11-6-8-15(19)14(10-11)18-16(20)9-7-12-4-2-3-5-13(12)17/h2-6,8,10,19H,7,9H2,1H3,(H,18,20). The number of rotatable bonds is 4. The Kier molecular flexibility index (Phi) is 4.35. The second-order valence-corrected chi connectivity index (χ2v) is 4.66. The number of carbonyl (C=O) groups is 1. The number of hydrogen-bond acceptors (Lipinski definition) is 2. The minimum atomic E-state index is -0.307. The third kappa shape index (κ3) is 3.57. The molecule has 2 N–H and O–H groups in total. The Bertz CT molecular complexity index is 626. The van der Waals surface area contributed by atoms with Crippen LogP contribution in [0.3, 0.4) is 0 Å². The van der Waals surface area contributed by atoms with E-state index < -0.39 is 0 Å². The van der Waals surface area contributed by atoms with E-state index >= 15 is 0 Å². The molecule has 0 bridgehead atoms. The number of aromatic hydroxyl groups is 1. The molecule has 0 atom stereocenters. The van der Waals surface area contributed by atoms with Crippen LogP contribution in [0.1, 0.15) is 17.5 Å². The first-order chi connectivity index (χ1) is 9.56. The number of aryl methyl sites for hydroxylation is 2. The summed E-state index contributed by atoms with van der Waals surface area (Å²) in [7, 11) is 0. The molecular weight excluding hydrogens is 257 g/mol. The molecule has 0 spiro atoms. The predicted octanol–water partition coefficient (Wildman–Crippen LogP) is 3.41. The number of phenolic OH excluding ortho intramolecular Hbond substituents is 1. The van der Waals surface area contributed by atoms with Crippen molar-refractivity contribution in [3.05, 3.63) is 59.4 Å². The van der Waals surface area contributed by atoms with Crippen LogP contribution in [0, 0.1) is 12.7 Å². The highest BCUT2D eigenvalue weighted by Gasteiger charge is 2.08. The van der Waals surface area contributed by atoms with Gasteiger partial charge in [-0.05, 0) is 42.7 Å². The lowest BCUT2D eigenvalue weighted by Gasteiger charge is -2.08. The van der Waals surface area contributed by atoms with E-state index in [0.717, 1.165) is 5.56 Å². The molecule has 0 radical (unpaired) electrons. The second kappa shape index (κ2) is 6.19. The van der Waals surface area contributed by atoms with Gasteiger partial charge < -0.3 is 10.4 Å². The Hall–Kier alpha value is -2.36. The molecule has 2 aromatic carbocycles. The van der Waals surface area contributed by atoms with E-state index in [4.69, 9.17) is 0 Å². The van der Waals surface area contributed by atoms with Crippen molar-refractivity contribution in [1.82, 2.24) is 0 Å². The van der Waals surface area contributed by atoms with Gasteiger partial charge in [0, 0.05) is 6.42 Å². The van der Waals surface area contributed by atoms with E-state index in [9.17, 15) is 14.3 Å². The normalized spacial score (nSPS) is 10.3. The molecule has 0 heterocycles. The van der Waals surface area contributed by atoms with Gasteiger partial charge in [0.2, 0.25) is 5.91 Å². The highest BCUT2D eigenvalue weighted by molar-refractivity contribution is 5.92. The van der Waals surface area contributed by atoms with Gasteiger partial charge in [0.1, 0.15) is 11.6 Å². The van der Waals surface area contributed by atoms with Gasteiger partial charge in [-0.15, -0.1) is 0 Å². The lowest BCUT2D eigenvalue weighted by molar-refractivity contribution is -0.116. The molecule has 0 unspecified atom stereocenters. The van der Waals surface area contributed by atoms with Crippen molar-refractivity contribution in [2.45, 2.75) is 19.8 Å². The van der Waals surface area contributed by atoms with Crippen molar-refractivity contribution in [3.63, 3.8) is 0 Å². The minimum absolute atomic E-state index is 0.0230. The SMILES string of the molecule is Cc1ccc(O)c(NC(=O)CCc2ccccc2F)c1. The zero-order valence-electron chi connectivity index (χ0n) is 11.2. The fraction of sp³-hybridized carbons (Fsp3) is 0.188. The molecule has 1 amide bonds. The first kappa shape index (κ1) is 14.1. The molecule has 0 fully saturated rings. The number of nitrogens with one attached hydrogen (secondary N) is 1. The molecule has 2 rings (SSSR count). The lowest BCUT2D eigenvalue weighted by Crippen LogP contribution is -2.13. The Balaban J connectivity index is 1.96. The number of halogens is 1. The fourth-order valence-electron chi connectivity index (χ4n) is 1.91. The summed E-state index contributed by atoms with van der Waals surface area (Å²) in [6.45, 7) is 1.87. The smallest absolute Gasteiger partial charge is 0.224 e. The molecule has 0 saturated heterocycles. The van der Waals surface area contributed by atoms with Crippen molar-refractivity contribution in [3.8, 4) is 5.75 Å². The Morgan fingerprint density at radius 2 is 2.00 bits per heavy atom. The van der Waals surface area contributed by atoms with Gasteiger partial charge in [0.25, 0.3) is 0 Å². The van der Waals surface area contributed by atoms with Gasteiger partial charge >= 0.3 is 0 Å². The summed E-state index contributed by atoms with van der Waals surface area (Å²) < 4.78 is 13.4. The molecule has 2 aromatic rings. The van der Waals surface area contributed by atoms with Crippen LogP contribution in [0.4, 0.5) is 10.1 Å². The van der Waals surface area contributed by atoms with Crippen LogP contribution in [0.15, 0.2) is 42.5 Å². The van der Waals surface area contributed by atoms with Crippen LogP contribution in [0.25, 0.3) is 0 Å². The van der Waals surface area contributed by atoms with Crippen LogP contribution < -0.4 is 5.32 Å². The molecule has 0 saturated carbocycles. The molecule has 0 aromatic heterocycles. The van der Waals surface area contributed by atoms with Crippen molar-refractivity contribution in [2.24, 2.45) is 0 Å². The molecule has 0 aliphatic rings. The topological polar surface area (TPSA) is 49.3 Å². The molecular formula is C16H16FNO2. The maximum Gasteiger partial charge on any atom is 0.224 e. The number of anilines is 1. The zero-order valence-corrected chi connectivity index (χ0v) is 11.2. The number of benzene rings is 2. The largest absolute Gasteiger partial charge is 0.506 e. The summed E-state index contributed by atoms with van der Waals surface area (Å²) in [5, 5.41) is 12.3.